The quantitative estimate of drug-likeness (QED) is 0.441. The van der Waals surface area contributed by atoms with Crippen LogP contribution in [0.1, 0.15) is 71.7 Å². The second kappa shape index (κ2) is 9.43. The standard InChI is InChI=1S/C27H39F2N7O2Si/c1-25(2,3)39(6,7)38-15-19-33-21(32-17-9-8-10-17)20-22(34-19)36(23(37)26(20,4)5)18-13-30-24(31-14-18)35-12-11-27(28,29)16-35/h13-14,17H,8-12,15-16H2,1-7H3,(H,32,33,34). The Balaban J connectivity index is 1.51. The lowest BCUT2D eigenvalue weighted by atomic mass is 9.86. The van der Waals surface area contributed by atoms with Crippen molar-refractivity contribution in [2.75, 3.05) is 28.2 Å². The van der Waals surface area contributed by atoms with Crippen LogP contribution in [0.25, 0.3) is 0 Å². The van der Waals surface area contributed by atoms with E-state index in [1.54, 1.807) is 0 Å². The number of aromatic nitrogens is 4. The number of rotatable bonds is 7. The van der Waals surface area contributed by atoms with Gasteiger partial charge in [-0.2, -0.15) is 0 Å². The molecule has 0 spiro atoms. The van der Waals surface area contributed by atoms with Crippen molar-refractivity contribution in [1.29, 1.82) is 0 Å². The average molecular weight is 560 g/mol. The average Bonchev–Trinajstić information content (AvgIpc) is 3.28. The SMILES string of the molecule is CC1(C)C(=O)N(c2cnc(N3CCC(F)(F)C3)nc2)c2nc(CO[Si](C)(C)C(C)(C)C)nc(NC3CCC3)c21. The molecule has 2 aromatic heterocycles. The number of nitrogens with one attached hydrogen (secondary N) is 1. The summed E-state index contributed by atoms with van der Waals surface area (Å²) in [6.45, 7) is 14.7. The number of anilines is 4. The second-order valence-corrected chi connectivity index (χ2v) is 17.9. The minimum Gasteiger partial charge on any atom is -0.409 e. The van der Waals surface area contributed by atoms with Crippen molar-refractivity contribution in [3.8, 4) is 0 Å². The van der Waals surface area contributed by atoms with Gasteiger partial charge in [-0.3, -0.25) is 9.69 Å². The van der Waals surface area contributed by atoms with Crippen LogP contribution in [0.15, 0.2) is 12.4 Å². The first-order chi connectivity index (χ1) is 18.1. The normalized spacial score (nSPS) is 20.8. The highest BCUT2D eigenvalue weighted by Crippen LogP contribution is 2.48. The number of alkyl halides is 2. The number of halogens is 2. The van der Waals surface area contributed by atoms with Crippen molar-refractivity contribution in [2.24, 2.45) is 0 Å². The summed E-state index contributed by atoms with van der Waals surface area (Å²) >= 11 is 0. The van der Waals surface area contributed by atoms with Gasteiger partial charge < -0.3 is 14.6 Å². The molecule has 5 rings (SSSR count). The Labute approximate surface area is 229 Å². The Morgan fingerprint density at radius 2 is 1.82 bits per heavy atom. The summed E-state index contributed by atoms with van der Waals surface area (Å²) in [6.07, 6.45) is 6.06. The van der Waals surface area contributed by atoms with Gasteiger partial charge in [0, 0.05) is 19.0 Å². The van der Waals surface area contributed by atoms with Gasteiger partial charge in [-0.15, -0.1) is 0 Å². The number of carbonyl (C=O) groups excluding carboxylic acids is 1. The van der Waals surface area contributed by atoms with Crippen molar-refractivity contribution in [1.82, 2.24) is 19.9 Å². The zero-order valence-electron chi connectivity index (χ0n) is 23.9. The number of fused-ring (bicyclic) bond motifs is 1. The Bertz CT molecular complexity index is 1260. The van der Waals surface area contributed by atoms with Crippen LogP contribution in [0.3, 0.4) is 0 Å². The molecule has 0 radical (unpaired) electrons. The van der Waals surface area contributed by atoms with Crippen LogP contribution >= 0.6 is 0 Å². The lowest BCUT2D eigenvalue weighted by molar-refractivity contribution is -0.121. The molecule has 3 aliphatic rings. The zero-order chi connectivity index (χ0) is 28.4. The summed E-state index contributed by atoms with van der Waals surface area (Å²) in [5, 5.41) is 3.59. The second-order valence-electron chi connectivity index (χ2n) is 13.0. The Morgan fingerprint density at radius 3 is 2.36 bits per heavy atom. The van der Waals surface area contributed by atoms with Crippen LogP contribution in [0.4, 0.5) is 32.1 Å². The minimum absolute atomic E-state index is 0.0269. The van der Waals surface area contributed by atoms with E-state index in [1.807, 2.05) is 13.8 Å². The van der Waals surface area contributed by atoms with Crippen molar-refractivity contribution >= 4 is 37.5 Å². The molecule has 2 aromatic rings. The third-order valence-electron chi connectivity index (χ3n) is 8.66. The monoisotopic (exact) mass is 559 g/mol. The number of nitrogens with zero attached hydrogens (tertiary/aromatic N) is 6. The maximum atomic E-state index is 13.8. The van der Waals surface area contributed by atoms with E-state index >= 15 is 0 Å². The molecular weight excluding hydrogens is 520 g/mol. The highest BCUT2D eigenvalue weighted by molar-refractivity contribution is 6.74. The predicted molar refractivity (Wildman–Crippen MR) is 149 cm³/mol. The van der Waals surface area contributed by atoms with Crippen LogP contribution in [-0.4, -0.2) is 59.2 Å². The van der Waals surface area contributed by atoms with Gasteiger partial charge >= 0.3 is 0 Å². The molecule has 0 bridgehead atoms. The van der Waals surface area contributed by atoms with Gasteiger partial charge in [0.25, 0.3) is 5.92 Å². The minimum atomic E-state index is -2.75. The van der Waals surface area contributed by atoms with Gasteiger partial charge in [0.2, 0.25) is 11.9 Å². The zero-order valence-corrected chi connectivity index (χ0v) is 24.9. The van der Waals surface area contributed by atoms with Crippen LogP contribution in [0.2, 0.25) is 18.1 Å². The summed E-state index contributed by atoms with van der Waals surface area (Å²) in [5.41, 5.74) is 0.278. The summed E-state index contributed by atoms with van der Waals surface area (Å²) in [5.74, 6) is -1.04. The van der Waals surface area contributed by atoms with Crippen molar-refractivity contribution in [3.63, 3.8) is 0 Å². The van der Waals surface area contributed by atoms with Gasteiger partial charge in [0.15, 0.2) is 14.1 Å². The van der Waals surface area contributed by atoms with Crippen LogP contribution in [0.5, 0.6) is 0 Å². The lowest BCUT2D eigenvalue weighted by Crippen LogP contribution is -2.40. The first-order valence-corrected chi connectivity index (χ1v) is 16.6. The molecule has 2 fully saturated rings. The molecule has 12 heteroatoms. The molecule has 1 aliphatic carbocycles. The van der Waals surface area contributed by atoms with Crippen molar-refractivity contribution in [2.45, 2.75) is 102 Å². The van der Waals surface area contributed by atoms with E-state index in [4.69, 9.17) is 14.4 Å². The predicted octanol–water partition coefficient (Wildman–Crippen LogP) is 5.55. The van der Waals surface area contributed by atoms with E-state index in [-0.39, 0.29) is 36.5 Å². The summed E-state index contributed by atoms with van der Waals surface area (Å²) < 4.78 is 33.9. The number of amides is 1. The fourth-order valence-corrected chi connectivity index (χ4v) is 5.75. The lowest BCUT2D eigenvalue weighted by Gasteiger charge is -2.36. The molecule has 1 saturated heterocycles. The Kier molecular flexibility index (Phi) is 6.73. The molecule has 1 amide bonds. The molecule has 1 N–H and O–H groups in total. The van der Waals surface area contributed by atoms with Gasteiger partial charge in [-0.25, -0.2) is 28.7 Å². The van der Waals surface area contributed by atoms with E-state index < -0.39 is 26.2 Å². The molecule has 2 aliphatic heterocycles. The Hall–Kier alpha value is -2.73. The Morgan fingerprint density at radius 1 is 1.15 bits per heavy atom. The summed E-state index contributed by atoms with van der Waals surface area (Å²) in [4.78, 5) is 35.3. The maximum absolute atomic E-state index is 13.8. The van der Waals surface area contributed by atoms with E-state index in [2.05, 4.69) is 49.1 Å². The first-order valence-electron chi connectivity index (χ1n) is 13.7. The molecule has 39 heavy (non-hydrogen) atoms. The summed E-state index contributed by atoms with van der Waals surface area (Å²) in [6, 6.07) is 0.305. The maximum Gasteiger partial charge on any atom is 0.267 e. The van der Waals surface area contributed by atoms with Crippen LogP contribution < -0.4 is 15.1 Å². The molecule has 0 unspecified atom stereocenters. The van der Waals surface area contributed by atoms with Crippen LogP contribution in [0, 0.1) is 0 Å². The molecule has 1 saturated carbocycles. The molecule has 4 heterocycles. The van der Waals surface area contributed by atoms with Gasteiger partial charge in [0.1, 0.15) is 11.6 Å². The molecule has 0 aromatic carbocycles. The third-order valence-corrected chi connectivity index (χ3v) is 13.1. The number of hydrogen-bond acceptors (Lipinski definition) is 8. The fourth-order valence-electron chi connectivity index (χ4n) is 4.83. The van der Waals surface area contributed by atoms with Gasteiger partial charge in [0.05, 0.1) is 42.2 Å². The molecule has 0 atom stereocenters. The first kappa shape index (κ1) is 27.8. The van der Waals surface area contributed by atoms with Gasteiger partial charge in [-0.05, 0) is 51.2 Å². The largest absolute Gasteiger partial charge is 0.409 e. The highest BCUT2D eigenvalue weighted by atomic mass is 28.4. The van der Waals surface area contributed by atoms with Crippen molar-refractivity contribution < 1.29 is 18.0 Å². The van der Waals surface area contributed by atoms with E-state index in [9.17, 15) is 13.6 Å². The van der Waals surface area contributed by atoms with Gasteiger partial charge in [-0.1, -0.05) is 20.8 Å². The van der Waals surface area contributed by atoms with E-state index in [0.29, 0.717) is 29.2 Å². The fraction of sp³-hybridized carbons (Fsp3) is 0.667. The molecule has 9 nitrogen and oxygen atoms in total. The molecular formula is C27H39F2N7O2Si. The number of hydrogen-bond donors (Lipinski definition) is 1. The molecule has 212 valence electrons. The van der Waals surface area contributed by atoms with E-state index in [1.165, 1.54) is 22.2 Å². The van der Waals surface area contributed by atoms with E-state index in [0.717, 1.165) is 24.8 Å². The third kappa shape index (κ3) is 5.12. The topological polar surface area (TPSA) is 96.4 Å². The highest BCUT2D eigenvalue weighted by Gasteiger charge is 2.49. The smallest absolute Gasteiger partial charge is 0.267 e. The number of carbonyl (C=O) groups is 1. The van der Waals surface area contributed by atoms with Crippen molar-refractivity contribution in [3.05, 3.63) is 23.8 Å². The van der Waals surface area contributed by atoms with Crippen LogP contribution in [-0.2, 0) is 21.2 Å². The summed E-state index contributed by atoms with van der Waals surface area (Å²) in [7, 11) is -2.07.